The van der Waals surface area contributed by atoms with Crippen LogP contribution in [0.2, 0.25) is 0 Å². The van der Waals surface area contributed by atoms with Crippen LogP contribution in [0, 0.1) is 11.6 Å². The number of benzene rings is 3. The lowest BCUT2D eigenvalue weighted by atomic mass is 10.0. The van der Waals surface area contributed by atoms with Crippen LogP contribution in [0.25, 0.3) is 0 Å². The molecule has 0 radical (unpaired) electrons. The summed E-state index contributed by atoms with van der Waals surface area (Å²) in [5.41, 5.74) is 2.44. The minimum absolute atomic E-state index is 0. The first-order valence-corrected chi connectivity index (χ1v) is 11.7. The van der Waals surface area contributed by atoms with E-state index in [0.29, 0.717) is 13.0 Å². The molecule has 0 aromatic heterocycles. The Hall–Kier alpha value is -2.35. The van der Waals surface area contributed by atoms with Crippen LogP contribution >= 0.6 is 24.8 Å². The molecule has 3 aromatic rings. The normalized spacial score (nSPS) is 14.2. The van der Waals surface area contributed by atoms with E-state index in [1.165, 1.54) is 24.3 Å². The van der Waals surface area contributed by atoms with Gasteiger partial charge in [-0.3, -0.25) is 9.69 Å². The summed E-state index contributed by atoms with van der Waals surface area (Å²) in [5, 5.41) is 0. The molecule has 4 nitrogen and oxygen atoms in total. The Morgan fingerprint density at radius 1 is 0.722 bits per heavy atom. The molecule has 0 unspecified atom stereocenters. The monoisotopic (exact) mass is 536 g/mol. The largest absolute Gasteiger partial charge is 0.367 e. The van der Waals surface area contributed by atoms with E-state index in [4.69, 9.17) is 4.74 Å². The second kappa shape index (κ2) is 15.0. The van der Waals surface area contributed by atoms with E-state index in [-0.39, 0.29) is 48.3 Å². The number of hydrogen-bond donors (Lipinski definition) is 0. The third-order valence-corrected chi connectivity index (χ3v) is 6.25. The number of piperazine rings is 1. The summed E-state index contributed by atoms with van der Waals surface area (Å²) in [7, 11) is 0. The SMILES string of the molecule is Cl.Cl.O=C(CCN1CCN(CCOC(c2ccc(F)cc2)c2ccc(F)cc2)CC1)c1ccccc1. The average Bonchev–Trinajstić information content (AvgIpc) is 2.88. The third kappa shape index (κ3) is 8.64. The lowest BCUT2D eigenvalue weighted by Crippen LogP contribution is -2.47. The molecule has 36 heavy (non-hydrogen) atoms. The van der Waals surface area contributed by atoms with E-state index in [9.17, 15) is 13.6 Å². The zero-order chi connectivity index (χ0) is 23.8. The van der Waals surface area contributed by atoms with Crippen molar-refractivity contribution >= 4 is 30.6 Å². The first-order chi connectivity index (χ1) is 16.6. The van der Waals surface area contributed by atoms with Crippen molar-refractivity contribution in [3.63, 3.8) is 0 Å². The maximum absolute atomic E-state index is 13.4. The van der Waals surface area contributed by atoms with Gasteiger partial charge in [-0.05, 0) is 35.4 Å². The van der Waals surface area contributed by atoms with Crippen molar-refractivity contribution in [3.8, 4) is 0 Å². The molecule has 0 amide bonds. The van der Waals surface area contributed by atoms with E-state index in [1.54, 1.807) is 24.3 Å². The minimum atomic E-state index is -0.383. The number of carbonyl (C=O) groups is 1. The minimum Gasteiger partial charge on any atom is -0.367 e. The smallest absolute Gasteiger partial charge is 0.164 e. The summed E-state index contributed by atoms with van der Waals surface area (Å²) in [5.74, 6) is -0.418. The standard InChI is InChI=1S/C28H30F2N2O2.2ClH/c29-25-10-6-23(7-11-25)28(24-8-12-26(30)13-9-24)34-21-20-32-18-16-31(17-19-32)15-14-27(33)22-4-2-1-3-5-22;;/h1-13,28H,14-21H2;2*1H. The average molecular weight is 537 g/mol. The van der Waals surface area contributed by atoms with Crippen molar-refractivity contribution in [1.29, 1.82) is 0 Å². The maximum Gasteiger partial charge on any atom is 0.164 e. The topological polar surface area (TPSA) is 32.8 Å². The van der Waals surface area contributed by atoms with E-state index in [1.807, 2.05) is 30.3 Å². The van der Waals surface area contributed by atoms with Crippen LogP contribution in [0.4, 0.5) is 8.78 Å². The fraction of sp³-hybridized carbons (Fsp3) is 0.321. The molecule has 3 aromatic carbocycles. The highest BCUT2D eigenvalue weighted by atomic mass is 35.5. The van der Waals surface area contributed by atoms with Gasteiger partial charge in [0.2, 0.25) is 0 Å². The first kappa shape index (κ1) is 29.9. The van der Waals surface area contributed by atoms with Gasteiger partial charge in [-0.2, -0.15) is 0 Å². The van der Waals surface area contributed by atoms with Crippen LogP contribution in [0.5, 0.6) is 0 Å². The number of hydrogen-bond acceptors (Lipinski definition) is 4. The van der Waals surface area contributed by atoms with Gasteiger partial charge in [-0.1, -0.05) is 54.6 Å². The van der Waals surface area contributed by atoms with Crippen molar-refractivity contribution in [1.82, 2.24) is 9.80 Å². The lowest BCUT2D eigenvalue weighted by molar-refractivity contribution is 0.0449. The van der Waals surface area contributed by atoms with Crippen molar-refractivity contribution in [2.45, 2.75) is 12.5 Å². The van der Waals surface area contributed by atoms with Gasteiger partial charge in [0, 0.05) is 51.3 Å². The van der Waals surface area contributed by atoms with Crippen molar-refractivity contribution in [2.24, 2.45) is 0 Å². The molecule has 0 spiro atoms. The van der Waals surface area contributed by atoms with Crippen molar-refractivity contribution in [3.05, 3.63) is 107 Å². The van der Waals surface area contributed by atoms with Gasteiger partial charge in [0.25, 0.3) is 0 Å². The van der Waals surface area contributed by atoms with Crippen LogP contribution < -0.4 is 0 Å². The number of carbonyl (C=O) groups excluding carboxylic acids is 1. The number of halogens is 4. The Balaban J connectivity index is 0.00000228. The second-order valence-corrected chi connectivity index (χ2v) is 8.58. The second-order valence-electron chi connectivity index (χ2n) is 8.58. The number of nitrogens with zero attached hydrogens (tertiary/aromatic N) is 2. The molecular weight excluding hydrogens is 505 g/mol. The fourth-order valence-corrected chi connectivity index (χ4v) is 4.22. The van der Waals surface area contributed by atoms with Gasteiger partial charge < -0.3 is 9.64 Å². The molecule has 4 rings (SSSR count). The highest BCUT2D eigenvalue weighted by molar-refractivity contribution is 5.96. The highest BCUT2D eigenvalue weighted by Gasteiger charge is 2.20. The van der Waals surface area contributed by atoms with Gasteiger partial charge in [0.05, 0.1) is 6.61 Å². The molecule has 8 heteroatoms. The summed E-state index contributed by atoms with van der Waals surface area (Å²) in [6.07, 6.45) is 0.149. The maximum atomic E-state index is 13.4. The number of Topliss-reactive ketones (excluding diaryl/α,β-unsaturated/α-hetero) is 1. The van der Waals surface area contributed by atoms with Crippen LogP contribution in [0.15, 0.2) is 78.9 Å². The van der Waals surface area contributed by atoms with E-state index < -0.39 is 0 Å². The summed E-state index contributed by atoms with van der Waals surface area (Å²) < 4.78 is 33.0. The van der Waals surface area contributed by atoms with Crippen molar-refractivity contribution in [2.75, 3.05) is 45.9 Å². The summed E-state index contributed by atoms with van der Waals surface area (Å²) in [6.45, 7) is 5.72. The Kier molecular flexibility index (Phi) is 12.5. The molecule has 0 saturated carbocycles. The Morgan fingerprint density at radius 3 is 1.69 bits per heavy atom. The molecule has 1 heterocycles. The van der Waals surface area contributed by atoms with Gasteiger partial charge in [-0.15, -0.1) is 24.8 Å². The Morgan fingerprint density at radius 2 is 1.19 bits per heavy atom. The number of ether oxygens (including phenoxy) is 1. The molecule has 1 saturated heterocycles. The molecule has 1 aliphatic rings. The molecule has 1 fully saturated rings. The Bertz CT molecular complexity index is 1000. The molecule has 1 aliphatic heterocycles. The van der Waals surface area contributed by atoms with E-state index in [2.05, 4.69) is 9.80 Å². The van der Waals surface area contributed by atoms with Gasteiger partial charge in [0.15, 0.2) is 5.78 Å². The quantitative estimate of drug-likeness (QED) is 0.306. The van der Waals surface area contributed by atoms with Gasteiger partial charge in [-0.25, -0.2) is 8.78 Å². The zero-order valence-electron chi connectivity index (χ0n) is 20.0. The number of rotatable bonds is 10. The van der Waals surface area contributed by atoms with Crippen LogP contribution in [0.3, 0.4) is 0 Å². The highest BCUT2D eigenvalue weighted by Crippen LogP contribution is 2.26. The van der Waals surface area contributed by atoms with Gasteiger partial charge in [0.1, 0.15) is 17.7 Å². The van der Waals surface area contributed by atoms with Crippen molar-refractivity contribution < 1.29 is 18.3 Å². The summed E-state index contributed by atoms with van der Waals surface area (Å²) >= 11 is 0. The van der Waals surface area contributed by atoms with Crippen LogP contribution in [-0.4, -0.2) is 61.5 Å². The predicted octanol–water partition coefficient (Wildman–Crippen LogP) is 5.81. The molecule has 194 valence electrons. The molecular formula is C28H32Cl2F2N2O2. The molecule has 0 N–H and O–H groups in total. The summed E-state index contributed by atoms with van der Waals surface area (Å²) in [4.78, 5) is 17.0. The predicted molar refractivity (Wildman–Crippen MR) is 143 cm³/mol. The van der Waals surface area contributed by atoms with Crippen LogP contribution in [0.1, 0.15) is 34.0 Å². The third-order valence-electron chi connectivity index (χ3n) is 6.25. The van der Waals surface area contributed by atoms with Crippen LogP contribution in [-0.2, 0) is 4.74 Å². The first-order valence-electron chi connectivity index (χ1n) is 11.7. The number of ketones is 1. The van der Waals surface area contributed by atoms with E-state index >= 15 is 0 Å². The van der Waals surface area contributed by atoms with Gasteiger partial charge >= 0.3 is 0 Å². The molecule has 0 aliphatic carbocycles. The lowest BCUT2D eigenvalue weighted by Gasteiger charge is -2.34. The Labute approximate surface area is 224 Å². The fourth-order valence-electron chi connectivity index (χ4n) is 4.22. The zero-order valence-corrected chi connectivity index (χ0v) is 21.7. The van der Waals surface area contributed by atoms with E-state index in [0.717, 1.165) is 56.0 Å². The summed E-state index contributed by atoms with van der Waals surface area (Å²) in [6, 6.07) is 21.9. The molecule has 0 atom stereocenters. The molecule has 0 bridgehead atoms.